The lowest BCUT2D eigenvalue weighted by Gasteiger charge is -2.11. The Bertz CT molecular complexity index is 1130. The molecule has 0 fully saturated rings. The van der Waals surface area contributed by atoms with Gasteiger partial charge in [-0.15, -0.1) is 0 Å². The van der Waals surface area contributed by atoms with Crippen LogP contribution in [-0.4, -0.2) is 24.7 Å². The smallest absolute Gasteiger partial charge is 0.275 e. The van der Waals surface area contributed by atoms with E-state index in [2.05, 4.69) is 10.2 Å². The molecular formula is C20H16N4O2. The maximum atomic E-state index is 12.3. The van der Waals surface area contributed by atoms with E-state index >= 15 is 0 Å². The van der Waals surface area contributed by atoms with Crippen LogP contribution in [0.4, 0.5) is 0 Å². The van der Waals surface area contributed by atoms with Crippen LogP contribution < -0.4 is 5.56 Å². The van der Waals surface area contributed by atoms with Crippen LogP contribution in [0.3, 0.4) is 0 Å². The number of aryl methyl sites for hydroxylation is 1. The SMILES string of the molecule is Cc1cccc(-n2nc(-c3ccnn3-c3ccccc3)c(O)cc2=O)c1. The number of para-hydroxylation sites is 1. The predicted octanol–water partition coefficient (Wildman–Crippen LogP) is 3.10. The Morgan fingerprint density at radius 2 is 1.65 bits per heavy atom. The maximum Gasteiger partial charge on any atom is 0.275 e. The Labute approximate surface area is 149 Å². The largest absolute Gasteiger partial charge is 0.505 e. The Hall–Kier alpha value is -3.67. The van der Waals surface area contributed by atoms with Gasteiger partial charge in [0, 0.05) is 6.07 Å². The standard InChI is InChI=1S/C20H16N4O2/c1-14-6-5-9-16(12-14)24-19(26)13-18(25)20(22-24)17-10-11-21-23(17)15-7-3-2-4-8-15/h2-13,25H,1H3. The summed E-state index contributed by atoms with van der Waals surface area (Å²) in [4.78, 5) is 12.3. The number of hydrogen-bond donors (Lipinski definition) is 1. The van der Waals surface area contributed by atoms with E-state index in [9.17, 15) is 9.90 Å². The summed E-state index contributed by atoms with van der Waals surface area (Å²) in [6.07, 6.45) is 1.63. The van der Waals surface area contributed by atoms with Crippen LogP contribution in [0, 0.1) is 6.92 Å². The maximum absolute atomic E-state index is 12.3. The number of nitrogens with zero attached hydrogens (tertiary/aromatic N) is 4. The van der Waals surface area contributed by atoms with Gasteiger partial charge in [0.15, 0.2) is 11.4 Å². The van der Waals surface area contributed by atoms with Gasteiger partial charge in [0.05, 0.1) is 23.3 Å². The predicted molar refractivity (Wildman–Crippen MR) is 98.8 cm³/mol. The third-order valence-corrected chi connectivity index (χ3v) is 4.04. The van der Waals surface area contributed by atoms with Gasteiger partial charge in [0.2, 0.25) is 0 Å². The van der Waals surface area contributed by atoms with E-state index in [1.54, 1.807) is 23.0 Å². The quantitative estimate of drug-likeness (QED) is 0.620. The third kappa shape index (κ3) is 2.77. The second kappa shape index (κ2) is 6.33. The Kier molecular flexibility index (Phi) is 3.85. The van der Waals surface area contributed by atoms with E-state index in [4.69, 9.17) is 0 Å². The second-order valence-electron chi connectivity index (χ2n) is 5.93. The lowest BCUT2D eigenvalue weighted by atomic mass is 10.2. The molecule has 0 saturated carbocycles. The molecule has 0 aliphatic rings. The first-order valence-corrected chi connectivity index (χ1v) is 8.14. The van der Waals surface area contributed by atoms with Gasteiger partial charge in [0.25, 0.3) is 5.56 Å². The molecule has 0 bridgehead atoms. The molecule has 0 amide bonds. The monoisotopic (exact) mass is 344 g/mol. The van der Waals surface area contributed by atoms with Crippen LogP contribution in [-0.2, 0) is 0 Å². The van der Waals surface area contributed by atoms with E-state index in [0.29, 0.717) is 11.4 Å². The Morgan fingerprint density at radius 1 is 0.885 bits per heavy atom. The molecule has 0 aliphatic carbocycles. The molecule has 26 heavy (non-hydrogen) atoms. The molecule has 0 atom stereocenters. The fraction of sp³-hybridized carbons (Fsp3) is 0.0500. The molecule has 128 valence electrons. The van der Waals surface area contributed by atoms with Gasteiger partial charge in [-0.2, -0.15) is 14.9 Å². The molecule has 6 heteroatoms. The van der Waals surface area contributed by atoms with Crippen LogP contribution in [0.1, 0.15) is 5.56 Å². The molecule has 0 unspecified atom stereocenters. The minimum absolute atomic E-state index is 0.184. The van der Waals surface area contributed by atoms with Crippen molar-refractivity contribution in [3.8, 4) is 28.5 Å². The summed E-state index contributed by atoms with van der Waals surface area (Å²) in [6.45, 7) is 1.94. The van der Waals surface area contributed by atoms with Gasteiger partial charge < -0.3 is 5.11 Å². The average molecular weight is 344 g/mol. The zero-order chi connectivity index (χ0) is 18.1. The van der Waals surface area contributed by atoms with Crippen molar-refractivity contribution in [2.24, 2.45) is 0 Å². The lowest BCUT2D eigenvalue weighted by molar-refractivity contribution is 0.469. The highest BCUT2D eigenvalue weighted by molar-refractivity contribution is 5.64. The number of benzene rings is 2. The number of aromatic hydroxyl groups is 1. The molecule has 1 N–H and O–H groups in total. The number of rotatable bonds is 3. The molecule has 2 heterocycles. The lowest BCUT2D eigenvalue weighted by Crippen LogP contribution is -2.21. The van der Waals surface area contributed by atoms with E-state index in [1.165, 1.54) is 10.7 Å². The molecular weight excluding hydrogens is 328 g/mol. The van der Waals surface area contributed by atoms with Crippen molar-refractivity contribution in [1.82, 2.24) is 19.6 Å². The molecule has 2 aromatic heterocycles. The highest BCUT2D eigenvalue weighted by atomic mass is 16.3. The molecule has 4 aromatic rings. The van der Waals surface area contributed by atoms with E-state index in [1.807, 2.05) is 55.5 Å². The Balaban J connectivity index is 1.91. The molecule has 4 rings (SSSR count). The summed E-state index contributed by atoms with van der Waals surface area (Å²) in [5.41, 5.74) is 2.97. The van der Waals surface area contributed by atoms with Crippen LogP contribution in [0.15, 0.2) is 77.7 Å². The van der Waals surface area contributed by atoms with Gasteiger partial charge >= 0.3 is 0 Å². The first-order valence-electron chi connectivity index (χ1n) is 8.14. The summed E-state index contributed by atoms with van der Waals surface area (Å²) in [5, 5.41) is 19.1. The molecule has 0 radical (unpaired) electrons. The fourth-order valence-electron chi connectivity index (χ4n) is 2.83. The molecule has 0 aliphatic heterocycles. The number of hydrogen-bond acceptors (Lipinski definition) is 4. The highest BCUT2D eigenvalue weighted by Crippen LogP contribution is 2.27. The average Bonchev–Trinajstić information content (AvgIpc) is 3.12. The van der Waals surface area contributed by atoms with Gasteiger partial charge in [-0.1, -0.05) is 30.3 Å². The van der Waals surface area contributed by atoms with E-state index in [-0.39, 0.29) is 11.4 Å². The first-order chi connectivity index (χ1) is 12.6. The van der Waals surface area contributed by atoms with Crippen molar-refractivity contribution < 1.29 is 5.11 Å². The summed E-state index contributed by atoms with van der Waals surface area (Å²) in [7, 11) is 0. The van der Waals surface area contributed by atoms with Crippen molar-refractivity contribution in [2.75, 3.05) is 0 Å². The Morgan fingerprint density at radius 3 is 2.42 bits per heavy atom. The van der Waals surface area contributed by atoms with E-state index in [0.717, 1.165) is 11.3 Å². The van der Waals surface area contributed by atoms with Crippen LogP contribution in [0.5, 0.6) is 5.75 Å². The van der Waals surface area contributed by atoms with Crippen LogP contribution >= 0.6 is 0 Å². The van der Waals surface area contributed by atoms with Crippen molar-refractivity contribution in [2.45, 2.75) is 6.92 Å². The molecule has 0 spiro atoms. The molecule has 0 saturated heterocycles. The van der Waals surface area contributed by atoms with Gasteiger partial charge in [-0.25, -0.2) is 4.68 Å². The van der Waals surface area contributed by atoms with Gasteiger partial charge in [0.1, 0.15) is 0 Å². The van der Waals surface area contributed by atoms with Crippen molar-refractivity contribution >= 4 is 0 Å². The molecule has 6 nitrogen and oxygen atoms in total. The van der Waals surface area contributed by atoms with E-state index < -0.39 is 5.56 Å². The molecule has 2 aromatic carbocycles. The topological polar surface area (TPSA) is 72.9 Å². The first kappa shape index (κ1) is 15.8. The summed E-state index contributed by atoms with van der Waals surface area (Å²) < 4.78 is 2.96. The number of aromatic nitrogens is 4. The van der Waals surface area contributed by atoms with Gasteiger partial charge in [-0.3, -0.25) is 4.79 Å². The summed E-state index contributed by atoms with van der Waals surface area (Å²) in [5.74, 6) is -0.184. The zero-order valence-electron chi connectivity index (χ0n) is 14.1. The fourth-order valence-corrected chi connectivity index (χ4v) is 2.83. The van der Waals surface area contributed by atoms with Crippen molar-refractivity contribution in [3.63, 3.8) is 0 Å². The summed E-state index contributed by atoms with van der Waals surface area (Å²) in [6, 6.07) is 19.9. The third-order valence-electron chi connectivity index (χ3n) is 4.04. The minimum atomic E-state index is -0.400. The zero-order valence-corrected chi connectivity index (χ0v) is 14.1. The van der Waals surface area contributed by atoms with Gasteiger partial charge in [-0.05, 0) is 42.8 Å². The minimum Gasteiger partial charge on any atom is -0.505 e. The normalized spacial score (nSPS) is 10.8. The van der Waals surface area contributed by atoms with Crippen LogP contribution in [0.25, 0.3) is 22.8 Å². The highest BCUT2D eigenvalue weighted by Gasteiger charge is 2.16. The van der Waals surface area contributed by atoms with Crippen molar-refractivity contribution in [3.05, 3.63) is 88.8 Å². The summed E-state index contributed by atoms with van der Waals surface area (Å²) >= 11 is 0. The van der Waals surface area contributed by atoms with Crippen molar-refractivity contribution in [1.29, 1.82) is 0 Å². The second-order valence-corrected chi connectivity index (χ2v) is 5.93. The van der Waals surface area contributed by atoms with Crippen LogP contribution in [0.2, 0.25) is 0 Å².